The zero-order valence-corrected chi connectivity index (χ0v) is 24.4. The fourth-order valence-corrected chi connectivity index (χ4v) is 5.85. The van der Waals surface area contributed by atoms with Crippen LogP contribution in [0.5, 0.6) is 0 Å². The third-order valence-electron chi connectivity index (χ3n) is 6.96. The normalized spacial score (nSPS) is 14.4. The highest BCUT2D eigenvalue weighted by Crippen LogP contribution is 2.38. The molecule has 5 nitrogen and oxygen atoms in total. The number of benzene rings is 4. The molecule has 0 atom stereocenters. The van der Waals surface area contributed by atoms with Gasteiger partial charge in [0.1, 0.15) is 5.57 Å². The molecule has 0 aliphatic carbocycles. The standard InChI is InChI=1S/C34H24BrN3O2S/c1-22-19-26(35)17-18-29(22)38-33(40)28(32(39)36-34(38)41)20-25-21-30(23-11-5-2-6-12-23)37(27-15-9-4-10-16-27)31(25)24-13-7-3-8-14-24/h2-21H,1H3,(H,36,39,41)/b28-20-. The van der Waals surface area contributed by atoms with Gasteiger partial charge in [0.25, 0.3) is 11.8 Å². The molecule has 1 aliphatic rings. The minimum atomic E-state index is -0.529. The molecular formula is C34H24BrN3O2S. The molecule has 200 valence electrons. The summed E-state index contributed by atoms with van der Waals surface area (Å²) in [6.07, 6.45) is 1.68. The number of carbonyl (C=O) groups is 2. The molecule has 2 heterocycles. The summed E-state index contributed by atoms with van der Waals surface area (Å²) < 4.78 is 3.06. The number of anilines is 1. The van der Waals surface area contributed by atoms with Crippen LogP contribution in [0.15, 0.2) is 125 Å². The number of nitrogens with one attached hydrogen (secondary N) is 1. The lowest BCUT2D eigenvalue weighted by molar-refractivity contribution is -0.122. The lowest BCUT2D eigenvalue weighted by Gasteiger charge is -2.30. The van der Waals surface area contributed by atoms with E-state index in [1.807, 2.05) is 110 Å². The fraction of sp³-hybridized carbons (Fsp3) is 0.0294. The summed E-state index contributed by atoms with van der Waals surface area (Å²) in [5.41, 5.74) is 6.91. The summed E-state index contributed by atoms with van der Waals surface area (Å²) >= 11 is 8.93. The summed E-state index contributed by atoms with van der Waals surface area (Å²) in [5.74, 6) is -1.00. The summed E-state index contributed by atoms with van der Waals surface area (Å²) in [6.45, 7) is 1.90. The Morgan fingerprint density at radius 2 is 1.39 bits per heavy atom. The Bertz CT molecular complexity index is 1830. The number of thiocarbonyl (C=S) groups is 1. The van der Waals surface area contributed by atoms with Crippen LogP contribution < -0.4 is 10.2 Å². The van der Waals surface area contributed by atoms with Gasteiger partial charge in [-0.25, -0.2) is 0 Å². The number of carbonyl (C=O) groups excluding carboxylic acids is 2. The van der Waals surface area contributed by atoms with Crippen molar-refractivity contribution >= 4 is 56.8 Å². The minimum Gasteiger partial charge on any atom is -0.309 e. The van der Waals surface area contributed by atoms with Crippen molar-refractivity contribution in [3.8, 4) is 28.2 Å². The topological polar surface area (TPSA) is 54.3 Å². The van der Waals surface area contributed by atoms with Crippen molar-refractivity contribution in [1.82, 2.24) is 9.88 Å². The molecule has 1 saturated heterocycles. The summed E-state index contributed by atoms with van der Waals surface area (Å²) in [6, 6.07) is 37.7. The lowest BCUT2D eigenvalue weighted by Crippen LogP contribution is -2.54. The van der Waals surface area contributed by atoms with Crippen LogP contribution in [0.1, 0.15) is 11.1 Å². The SMILES string of the molecule is Cc1cc(Br)ccc1N1C(=O)/C(=C\c2cc(-c3ccccc3)n(-c3ccccc3)c2-c2ccccc2)C(=O)NC1=S. The lowest BCUT2D eigenvalue weighted by atomic mass is 10.0. The van der Waals surface area contributed by atoms with Gasteiger partial charge in [0.05, 0.1) is 17.1 Å². The Kier molecular flexibility index (Phi) is 7.22. The van der Waals surface area contributed by atoms with Crippen LogP contribution in [0, 0.1) is 6.92 Å². The third kappa shape index (κ3) is 5.06. The van der Waals surface area contributed by atoms with Gasteiger partial charge in [-0.1, -0.05) is 94.8 Å². The van der Waals surface area contributed by atoms with Gasteiger partial charge in [-0.15, -0.1) is 0 Å². The highest BCUT2D eigenvalue weighted by Gasteiger charge is 2.35. The fourth-order valence-electron chi connectivity index (χ4n) is 5.10. The number of aryl methyl sites for hydroxylation is 1. The monoisotopic (exact) mass is 617 g/mol. The first kappa shape index (κ1) is 26.6. The van der Waals surface area contributed by atoms with E-state index in [1.165, 1.54) is 4.90 Å². The first-order valence-electron chi connectivity index (χ1n) is 13.0. The van der Waals surface area contributed by atoms with Gasteiger partial charge in [0.2, 0.25) is 0 Å². The molecule has 0 bridgehead atoms. The predicted molar refractivity (Wildman–Crippen MR) is 172 cm³/mol. The van der Waals surface area contributed by atoms with E-state index in [9.17, 15) is 9.59 Å². The van der Waals surface area contributed by atoms with Crippen molar-refractivity contribution < 1.29 is 9.59 Å². The molecule has 1 aromatic heterocycles. The number of aromatic nitrogens is 1. The number of amides is 2. The van der Waals surface area contributed by atoms with Gasteiger partial charge < -0.3 is 4.57 Å². The van der Waals surface area contributed by atoms with E-state index in [2.05, 4.69) is 37.9 Å². The molecule has 1 N–H and O–H groups in total. The first-order valence-corrected chi connectivity index (χ1v) is 14.2. The van der Waals surface area contributed by atoms with Gasteiger partial charge in [0, 0.05) is 15.7 Å². The van der Waals surface area contributed by atoms with Crippen LogP contribution in [0.4, 0.5) is 5.69 Å². The largest absolute Gasteiger partial charge is 0.309 e. The number of halogens is 1. The maximum Gasteiger partial charge on any atom is 0.270 e. The molecule has 4 aromatic carbocycles. The minimum absolute atomic E-state index is 0.00271. The van der Waals surface area contributed by atoms with Gasteiger partial charge in [0.15, 0.2) is 5.11 Å². The highest BCUT2D eigenvalue weighted by molar-refractivity contribution is 9.10. The van der Waals surface area contributed by atoms with Gasteiger partial charge in [-0.05, 0) is 78.3 Å². The van der Waals surface area contributed by atoms with Crippen LogP contribution >= 0.6 is 28.1 Å². The van der Waals surface area contributed by atoms with Crippen molar-refractivity contribution in [2.24, 2.45) is 0 Å². The molecule has 6 rings (SSSR count). The Morgan fingerprint density at radius 3 is 2.02 bits per heavy atom. The van der Waals surface area contributed by atoms with Gasteiger partial charge in [-0.3, -0.25) is 19.8 Å². The second-order valence-corrected chi connectivity index (χ2v) is 10.9. The molecule has 7 heteroatoms. The highest BCUT2D eigenvalue weighted by atomic mass is 79.9. The molecular weight excluding hydrogens is 594 g/mol. The third-order valence-corrected chi connectivity index (χ3v) is 7.74. The summed E-state index contributed by atoms with van der Waals surface area (Å²) in [5, 5.41) is 2.78. The molecule has 0 saturated carbocycles. The molecule has 0 radical (unpaired) electrons. The Balaban J connectivity index is 1.59. The van der Waals surface area contributed by atoms with Crippen molar-refractivity contribution in [2.75, 3.05) is 4.90 Å². The average molecular weight is 619 g/mol. The quantitative estimate of drug-likeness (QED) is 0.125. The van der Waals surface area contributed by atoms with Crippen molar-refractivity contribution in [3.05, 3.63) is 136 Å². The molecule has 0 unspecified atom stereocenters. The smallest absolute Gasteiger partial charge is 0.270 e. The van der Waals surface area contributed by atoms with E-state index in [1.54, 1.807) is 6.08 Å². The summed E-state index contributed by atoms with van der Waals surface area (Å²) in [4.78, 5) is 28.6. The van der Waals surface area contributed by atoms with E-state index >= 15 is 0 Å². The zero-order chi connectivity index (χ0) is 28.5. The molecule has 1 fully saturated rings. The first-order chi connectivity index (χ1) is 19.9. The van der Waals surface area contributed by atoms with Crippen molar-refractivity contribution in [2.45, 2.75) is 6.92 Å². The maximum absolute atomic E-state index is 14.0. The second kappa shape index (κ2) is 11.1. The van der Waals surface area contributed by atoms with Crippen LogP contribution in [0.2, 0.25) is 0 Å². The Hall–Kier alpha value is -4.59. The Labute approximate surface area is 251 Å². The second-order valence-electron chi connectivity index (χ2n) is 9.63. The number of hydrogen-bond donors (Lipinski definition) is 1. The van der Waals surface area contributed by atoms with Gasteiger partial charge in [-0.2, -0.15) is 0 Å². The number of rotatable bonds is 5. The predicted octanol–water partition coefficient (Wildman–Crippen LogP) is 7.71. The van der Waals surface area contributed by atoms with Crippen LogP contribution in [0.3, 0.4) is 0 Å². The van der Waals surface area contributed by atoms with Crippen molar-refractivity contribution in [3.63, 3.8) is 0 Å². The molecule has 2 amide bonds. The van der Waals surface area contributed by atoms with Crippen LogP contribution in [-0.4, -0.2) is 21.5 Å². The number of hydrogen-bond acceptors (Lipinski definition) is 3. The molecule has 0 spiro atoms. The van der Waals surface area contributed by atoms with E-state index in [-0.39, 0.29) is 10.7 Å². The average Bonchev–Trinajstić information content (AvgIpc) is 3.37. The zero-order valence-electron chi connectivity index (χ0n) is 22.0. The van der Waals surface area contributed by atoms with E-state index in [4.69, 9.17) is 12.2 Å². The van der Waals surface area contributed by atoms with Crippen molar-refractivity contribution in [1.29, 1.82) is 0 Å². The van der Waals surface area contributed by atoms with Crippen LogP contribution in [0.25, 0.3) is 34.3 Å². The molecule has 1 aliphatic heterocycles. The Morgan fingerprint density at radius 1 is 0.780 bits per heavy atom. The van der Waals surface area contributed by atoms with E-state index in [0.29, 0.717) is 5.69 Å². The van der Waals surface area contributed by atoms with E-state index in [0.717, 1.165) is 43.8 Å². The summed E-state index contributed by atoms with van der Waals surface area (Å²) in [7, 11) is 0. The number of nitrogens with zero attached hydrogens (tertiary/aromatic N) is 2. The molecule has 5 aromatic rings. The van der Waals surface area contributed by atoms with Crippen LogP contribution in [-0.2, 0) is 9.59 Å². The van der Waals surface area contributed by atoms with E-state index < -0.39 is 11.8 Å². The number of para-hydroxylation sites is 1. The maximum atomic E-state index is 14.0. The molecule has 41 heavy (non-hydrogen) atoms. The van der Waals surface area contributed by atoms with Gasteiger partial charge >= 0.3 is 0 Å².